The molecule has 3 aromatic rings. The quantitative estimate of drug-likeness (QED) is 0.507. The highest BCUT2D eigenvalue weighted by atomic mass is 35.5. The number of nitrogens with one attached hydrogen (secondary N) is 2. The van der Waals surface area contributed by atoms with Crippen LogP contribution in [0.25, 0.3) is 10.9 Å². The summed E-state index contributed by atoms with van der Waals surface area (Å²) in [5.41, 5.74) is 7.60. The first-order valence-corrected chi connectivity index (χ1v) is 10.8. The van der Waals surface area contributed by atoms with Gasteiger partial charge >= 0.3 is 0 Å². The van der Waals surface area contributed by atoms with E-state index in [1.165, 1.54) is 0 Å². The molecule has 3 heterocycles. The van der Waals surface area contributed by atoms with Crippen molar-refractivity contribution >= 4 is 34.2 Å². The summed E-state index contributed by atoms with van der Waals surface area (Å²) in [5.74, 6) is 0.214. The molecule has 1 aromatic carbocycles. The molecule has 2 aromatic heterocycles. The highest BCUT2D eigenvalue weighted by Gasteiger charge is 2.20. The number of carbonyl (C=O) groups excluding carboxylic acids is 1. The number of piperazine rings is 1. The molecule has 0 spiro atoms. The first-order valence-electron chi connectivity index (χ1n) is 10.4. The number of nitrogen functional groups attached to an aromatic ring is 1. The van der Waals surface area contributed by atoms with Crippen molar-refractivity contribution in [3.63, 3.8) is 0 Å². The number of halogens is 1. The van der Waals surface area contributed by atoms with E-state index in [9.17, 15) is 9.59 Å². The molecule has 10 nitrogen and oxygen atoms in total. The molecule has 0 unspecified atom stereocenters. The molecule has 32 heavy (non-hydrogen) atoms. The van der Waals surface area contributed by atoms with Gasteiger partial charge < -0.3 is 21.4 Å². The van der Waals surface area contributed by atoms with Crippen molar-refractivity contribution in [2.75, 3.05) is 43.5 Å². The average Bonchev–Trinajstić information content (AvgIpc) is 2.77. The summed E-state index contributed by atoms with van der Waals surface area (Å²) in [5, 5.41) is 8.80. The molecule has 0 aliphatic carbocycles. The van der Waals surface area contributed by atoms with Crippen molar-refractivity contribution in [3.05, 3.63) is 56.5 Å². The Morgan fingerprint density at radius 3 is 2.66 bits per heavy atom. The second-order valence-electron chi connectivity index (χ2n) is 7.62. The Morgan fingerprint density at radius 2 is 1.91 bits per heavy atom. The van der Waals surface area contributed by atoms with Gasteiger partial charge in [0, 0.05) is 39.1 Å². The van der Waals surface area contributed by atoms with Crippen molar-refractivity contribution in [1.29, 1.82) is 0 Å². The van der Waals surface area contributed by atoms with Crippen LogP contribution in [0.2, 0.25) is 5.02 Å². The van der Waals surface area contributed by atoms with E-state index in [4.69, 9.17) is 22.3 Å². The molecule has 4 rings (SSSR count). The molecular formula is C21H25ClN8O2. The van der Waals surface area contributed by atoms with E-state index in [0.717, 1.165) is 13.1 Å². The number of aromatic nitrogens is 4. The molecule has 0 saturated carbocycles. The van der Waals surface area contributed by atoms with Gasteiger partial charge in [-0.1, -0.05) is 17.7 Å². The van der Waals surface area contributed by atoms with Crippen LogP contribution in [0.5, 0.6) is 0 Å². The zero-order chi connectivity index (χ0) is 22.8. The lowest BCUT2D eigenvalue weighted by molar-refractivity contribution is 0.0949. The molecule has 1 saturated heterocycles. The molecule has 0 radical (unpaired) electrons. The minimum atomic E-state index is -0.419. The Hall–Kier alpha value is -3.24. The predicted molar refractivity (Wildman–Crippen MR) is 124 cm³/mol. The summed E-state index contributed by atoms with van der Waals surface area (Å²) in [4.78, 5) is 39.1. The third-order valence-corrected chi connectivity index (χ3v) is 5.77. The Balaban J connectivity index is 1.61. The smallest absolute Gasteiger partial charge is 0.281 e. The maximum atomic E-state index is 13.4. The maximum Gasteiger partial charge on any atom is 0.281 e. The molecule has 4 N–H and O–H groups in total. The van der Waals surface area contributed by atoms with E-state index >= 15 is 0 Å². The summed E-state index contributed by atoms with van der Waals surface area (Å²) in [6, 6.07) is 5.21. The van der Waals surface area contributed by atoms with Gasteiger partial charge in [0.1, 0.15) is 5.82 Å². The first-order chi connectivity index (χ1) is 15.4. The van der Waals surface area contributed by atoms with E-state index in [0.29, 0.717) is 52.6 Å². The van der Waals surface area contributed by atoms with Gasteiger partial charge in [-0.25, -0.2) is 19.6 Å². The van der Waals surface area contributed by atoms with Gasteiger partial charge in [-0.2, -0.15) is 0 Å². The maximum absolute atomic E-state index is 13.4. The van der Waals surface area contributed by atoms with Gasteiger partial charge in [-0.3, -0.25) is 9.59 Å². The number of nitrogens with zero attached hydrogens (tertiary/aromatic N) is 5. The van der Waals surface area contributed by atoms with E-state index in [-0.39, 0.29) is 23.6 Å². The van der Waals surface area contributed by atoms with Crippen LogP contribution < -0.4 is 26.9 Å². The molecule has 1 fully saturated rings. The second kappa shape index (κ2) is 9.09. The molecule has 1 amide bonds. The van der Waals surface area contributed by atoms with Crippen molar-refractivity contribution in [2.24, 2.45) is 0 Å². The van der Waals surface area contributed by atoms with Gasteiger partial charge in [0.05, 0.1) is 27.3 Å². The summed E-state index contributed by atoms with van der Waals surface area (Å²) in [6.07, 6.45) is 0.339. The predicted octanol–water partition coefficient (Wildman–Crippen LogP) is 0.553. The van der Waals surface area contributed by atoms with Gasteiger partial charge in [0.2, 0.25) is 0 Å². The van der Waals surface area contributed by atoms with Crippen molar-refractivity contribution in [1.82, 2.24) is 30.3 Å². The van der Waals surface area contributed by atoms with Crippen molar-refractivity contribution in [3.8, 4) is 0 Å². The van der Waals surface area contributed by atoms with Crippen molar-refractivity contribution in [2.45, 2.75) is 20.3 Å². The van der Waals surface area contributed by atoms with E-state index in [2.05, 4.69) is 20.6 Å². The van der Waals surface area contributed by atoms with E-state index in [1.54, 1.807) is 36.7 Å². The van der Waals surface area contributed by atoms with Gasteiger partial charge in [-0.05, 0) is 26.0 Å². The normalized spacial score (nSPS) is 14.0. The van der Waals surface area contributed by atoms with Crippen LogP contribution in [0.4, 0.5) is 5.82 Å². The first kappa shape index (κ1) is 22.0. The number of benzene rings is 1. The Bertz CT molecular complexity index is 1240. The fourth-order valence-corrected chi connectivity index (χ4v) is 3.94. The Morgan fingerprint density at radius 1 is 1.19 bits per heavy atom. The number of fused-ring (bicyclic) bond motifs is 1. The SMILES string of the molecule is Cc1nc(N)c(C(=O)NCCc2nc3cccc(Cl)c3c(=O)n2N2CCNCC2)nc1C. The van der Waals surface area contributed by atoms with Crippen LogP contribution in [0.15, 0.2) is 23.0 Å². The Kier molecular flexibility index (Phi) is 6.24. The van der Waals surface area contributed by atoms with E-state index < -0.39 is 5.91 Å². The van der Waals surface area contributed by atoms with Crippen LogP contribution in [-0.4, -0.2) is 58.3 Å². The second-order valence-corrected chi connectivity index (χ2v) is 8.02. The molecule has 168 valence electrons. The number of amides is 1. The number of rotatable bonds is 5. The number of carbonyl (C=O) groups is 1. The van der Waals surface area contributed by atoms with Crippen LogP contribution in [-0.2, 0) is 6.42 Å². The highest BCUT2D eigenvalue weighted by Crippen LogP contribution is 2.19. The van der Waals surface area contributed by atoms with Crippen LogP contribution in [0.3, 0.4) is 0 Å². The third kappa shape index (κ3) is 4.23. The lowest BCUT2D eigenvalue weighted by atomic mass is 10.2. The fourth-order valence-electron chi connectivity index (χ4n) is 3.69. The molecule has 1 aliphatic rings. The summed E-state index contributed by atoms with van der Waals surface area (Å²) < 4.78 is 1.59. The topological polar surface area (TPSA) is 131 Å². The van der Waals surface area contributed by atoms with E-state index in [1.807, 2.05) is 5.01 Å². The molecule has 11 heteroatoms. The van der Waals surface area contributed by atoms with Gasteiger partial charge in [0.25, 0.3) is 11.5 Å². The fraction of sp³-hybridized carbons (Fsp3) is 0.381. The molecule has 0 atom stereocenters. The number of nitrogens with two attached hydrogens (primary N) is 1. The summed E-state index contributed by atoms with van der Waals surface area (Å²) in [6.45, 7) is 6.64. The van der Waals surface area contributed by atoms with Crippen molar-refractivity contribution < 1.29 is 4.79 Å². The average molecular weight is 457 g/mol. The monoisotopic (exact) mass is 456 g/mol. The number of anilines is 1. The zero-order valence-electron chi connectivity index (χ0n) is 18.0. The standard InChI is InChI=1S/C21H25ClN8O2/c1-12-13(2)27-19(23)18(26-12)20(31)25-7-6-16-28-15-5-3-4-14(22)17(15)21(32)30(16)29-10-8-24-9-11-29/h3-5,24H,6-11H2,1-2H3,(H2,23,27)(H,25,31). The minimum Gasteiger partial charge on any atom is -0.382 e. The molecular weight excluding hydrogens is 432 g/mol. The lowest BCUT2D eigenvalue weighted by Crippen LogP contribution is -2.54. The van der Waals surface area contributed by atoms with Crippen LogP contribution in [0, 0.1) is 13.8 Å². The lowest BCUT2D eigenvalue weighted by Gasteiger charge is -2.32. The zero-order valence-corrected chi connectivity index (χ0v) is 18.7. The largest absolute Gasteiger partial charge is 0.382 e. The number of hydrogen-bond acceptors (Lipinski definition) is 8. The molecule has 0 bridgehead atoms. The third-order valence-electron chi connectivity index (χ3n) is 5.45. The Labute approximate surface area is 189 Å². The minimum absolute atomic E-state index is 0.0850. The summed E-state index contributed by atoms with van der Waals surface area (Å²) >= 11 is 6.31. The number of aryl methyl sites for hydroxylation is 2. The number of hydrogen-bond donors (Lipinski definition) is 3. The molecule has 1 aliphatic heterocycles. The van der Waals surface area contributed by atoms with Gasteiger partial charge in [-0.15, -0.1) is 0 Å². The van der Waals surface area contributed by atoms with Gasteiger partial charge in [0.15, 0.2) is 11.5 Å². The summed E-state index contributed by atoms with van der Waals surface area (Å²) in [7, 11) is 0. The van der Waals surface area contributed by atoms with Crippen LogP contribution >= 0.6 is 11.6 Å². The van der Waals surface area contributed by atoms with Crippen LogP contribution in [0.1, 0.15) is 27.7 Å². The highest BCUT2D eigenvalue weighted by molar-refractivity contribution is 6.35.